The van der Waals surface area contributed by atoms with Crippen molar-refractivity contribution in [2.24, 2.45) is 0 Å². The Bertz CT molecular complexity index is 251. The Balaban J connectivity index is 2.43. The lowest BCUT2D eigenvalue weighted by Crippen LogP contribution is -2.35. The highest BCUT2D eigenvalue weighted by atomic mass is 16.8. The fourth-order valence-corrected chi connectivity index (χ4v) is 1.29. The molecule has 86 valence electrons. The van der Waals surface area contributed by atoms with Crippen LogP contribution in [0.15, 0.2) is 12.2 Å². The Morgan fingerprint density at radius 2 is 2.20 bits per heavy atom. The Hall–Kier alpha value is -0.870. The van der Waals surface area contributed by atoms with Crippen molar-refractivity contribution in [3.05, 3.63) is 12.2 Å². The number of carbonyl (C=O) groups excluding carboxylic acids is 1. The Morgan fingerprint density at radius 1 is 1.53 bits per heavy atom. The van der Waals surface area contributed by atoms with Gasteiger partial charge in [-0.1, -0.05) is 6.58 Å². The zero-order valence-corrected chi connectivity index (χ0v) is 9.54. The monoisotopic (exact) mass is 214 g/mol. The third-order valence-electron chi connectivity index (χ3n) is 1.99. The summed E-state index contributed by atoms with van der Waals surface area (Å²) in [6, 6.07) is 0. The molecule has 0 saturated carbocycles. The maximum atomic E-state index is 11.3. The molecule has 1 heterocycles. The van der Waals surface area contributed by atoms with E-state index in [4.69, 9.17) is 14.2 Å². The van der Waals surface area contributed by atoms with Crippen LogP contribution in [0.1, 0.15) is 33.6 Å². The Morgan fingerprint density at radius 3 is 2.67 bits per heavy atom. The van der Waals surface area contributed by atoms with Crippen LogP contribution in [0.25, 0.3) is 0 Å². The number of hydrogen-bond acceptors (Lipinski definition) is 4. The highest BCUT2D eigenvalue weighted by Gasteiger charge is 2.30. The molecular formula is C11H18O4. The molecule has 0 aromatic heterocycles. The fraction of sp³-hybridized carbons (Fsp3) is 0.727. The van der Waals surface area contributed by atoms with Crippen LogP contribution in [0.3, 0.4) is 0 Å². The predicted octanol–water partition coefficient (Wildman–Crippen LogP) is 1.99. The maximum absolute atomic E-state index is 11.3. The molecule has 0 bridgehead atoms. The summed E-state index contributed by atoms with van der Waals surface area (Å²) in [6.07, 6.45) is 1.56. The van der Waals surface area contributed by atoms with Crippen LogP contribution in [-0.4, -0.2) is 24.7 Å². The molecule has 0 aliphatic carbocycles. The molecular weight excluding hydrogens is 196 g/mol. The van der Waals surface area contributed by atoms with Crippen molar-refractivity contribution >= 4 is 5.97 Å². The van der Waals surface area contributed by atoms with Crippen LogP contribution in [0.5, 0.6) is 0 Å². The zero-order valence-electron chi connectivity index (χ0n) is 9.54. The lowest BCUT2D eigenvalue weighted by molar-refractivity contribution is -0.270. The lowest BCUT2D eigenvalue weighted by atomic mass is 10.3. The molecule has 1 atom stereocenters. The van der Waals surface area contributed by atoms with Crippen LogP contribution < -0.4 is 0 Å². The second-order valence-electron chi connectivity index (χ2n) is 4.13. The maximum Gasteiger partial charge on any atom is 0.335 e. The third kappa shape index (κ3) is 4.01. The van der Waals surface area contributed by atoms with Crippen LogP contribution in [-0.2, 0) is 19.0 Å². The van der Waals surface area contributed by atoms with Gasteiger partial charge in [-0.15, -0.1) is 0 Å². The minimum absolute atomic E-state index is 0.266. The van der Waals surface area contributed by atoms with Crippen LogP contribution >= 0.6 is 0 Å². The first-order chi connectivity index (χ1) is 6.91. The second kappa shape index (κ2) is 4.77. The lowest BCUT2D eigenvalue weighted by Gasteiger charge is -2.28. The van der Waals surface area contributed by atoms with Gasteiger partial charge in [0.2, 0.25) is 5.79 Å². The fourth-order valence-electron chi connectivity index (χ4n) is 1.29. The molecule has 1 aliphatic heterocycles. The first kappa shape index (κ1) is 12.2. The molecule has 4 nitrogen and oxygen atoms in total. The molecule has 1 aliphatic rings. The number of hydrogen-bond donors (Lipinski definition) is 0. The Labute approximate surface area is 90.2 Å². The summed E-state index contributed by atoms with van der Waals surface area (Å²) in [5, 5.41) is 0. The largest absolute Gasteiger partial charge is 0.430 e. The minimum Gasteiger partial charge on any atom is -0.430 e. The third-order valence-corrected chi connectivity index (χ3v) is 1.99. The van der Waals surface area contributed by atoms with Gasteiger partial charge in [-0.05, 0) is 13.3 Å². The molecule has 4 heteroatoms. The van der Waals surface area contributed by atoms with Gasteiger partial charge in [0, 0.05) is 32.4 Å². The van der Waals surface area contributed by atoms with Crippen LogP contribution in [0.2, 0.25) is 0 Å². The molecule has 1 unspecified atom stereocenters. The van der Waals surface area contributed by atoms with Crippen molar-refractivity contribution in [2.45, 2.75) is 45.7 Å². The van der Waals surface area contributed by atoms with Gasteiger partial charge in [-0.3, -0.25) is 0 Å². The van der Waals surface area contributed by atoms with E-state index in [0.29, 0.717) is 12.2 Å². The first-order valence-electron chi connectivity index (χ1n) is 5.09. The topological polar surface area (TPSA) is 44.8 Å². The SMILES string of the molecule is C=C(C)C(=O)OC(C)(C)OC1CCCO1. The molecule has 0 aromatic carbocycles. The summed E-state index contributed by atoms with van der Waals surface area (Å²) in [7, 11) is 0. The highest BCUT2D eigenvalue weighted by molar-refractivity contribution is 5.87. The van der Waals surface area contributed by atoms with Crippen molar-refractivity contribution in [1.29, 1.82) is 0 Å². The van der Waals surface area contributed by atoms with Crippen LogP contribution in [0, 0.1) is 0 Å². The number of carbonyl (C=O) groups is 1. The number of rotatable bonds is 4. The standard InChI is InChI=1S/C11H18O4/c1-8(2)10(12)15-11(3,4)14-9-6-5-7-13-9/h9H,1,5-7H2,2-4H3. The van der Waals surface area contributed by atoms with E-state index in [9.17, 15) is 4.79 Å². The van der Waals surface area contributed by atoms with E-state index >= 15 is 0 Å². The van der Waals surface area contributed by atoms with Gasteiger partial charge in [0.25, 0.3) is 0 Å². The predicted molar refractivity (Wildman–Crippen MR) is 55.0 cm³/mol. The summed E-state index contributed by atoms with van der Waals surface area (Å²) >= 11 is 0. The van der Waals surface area contributed by atoms with Gasteiger partial charge in [-0.2, -0.15) is 0 Å². The molecule has 0 aromatic rings. The van der Waals surface area contributed by atoms with E-state index in [0.717, 1.165) is 12.8 Å². The molecule has 15 heavy (non-hydrogen) atoms. The summed E-state index contributed by atoms with van der Waals surface area (Å²) in [5.74, 6) is -1.41. The quantitative estimate of drug-likeness (QED) is 0.408. The molecule has 0 N–H and O–H groups in total. The minimum atomic E-state index is -0.967. The first-order valence-corrected chi connectivity index (χ1v) is 5.09. The Kier molecular flexibility index (Phi) is 3.88. The van der Waals surface area contributed by atoms with E-state index in [2.05, 4.69) is 6.58 Å². The summed E-state index contributed by atoms with van der Waals surface area (Å²) < 4.78 is 15.9. The van der Waals surface area contributed by atoms with Crippen LogP contribution in [0.4, 0.5) is 0 Å². The smallest absolute Gasteiger partial charge is 0.335 e. The normalized spacial score (nSPS) is 21.4. The van der Waals surface area contributed by atoms with Gasteiger partial charge in [-0.25, -0.2) is 4.79 Å². The molecule has 1 saturated heterocycles. The molecule has 0 amide bonds. The summed E-state index contributed by atoms with van der Waals surface area (Å²) in [5.41, 5.74) is 0.360. The molecule has 1 fully saturated rings. The van der Waals surface area contributed by atoms with Gasteiger partial charge in [0.05, 0.1) is 0 Å². The van der Waals surface area contributed by atoms with Gasteiger partial charge in [0.15, 0.2) is 6.29 Å². The van der Waals surface area contributed by atoms with Crippen molar-refractivity contribution in [1.82, 2.24) is 0 Å². The summed E-state index contributed by atoms with van der Waals surface area (Å²) in [6.45, 7) is 9.19. The van der Waals surface area contributed by atoms with E-state index in [1.54, 1.807) is 20.8 Å². The average Bonchev–Trinajstić information content (AvgIpc) is 2.54. The molecule has 0 spiro atoms. The second-order valence-corrected chi connectivity index (χ2v) is 4.13. The van der Waals surface area contributed by atoms with Gasteiger partial charge >= 0.3 is 5.97 Å². The van der Waals surface area contributed by atoms with E-state index in [-0.39, 0.29) is 6.29 Å². The highest BCUT2D eigenvalue weighted by Crippen LogP contribution is 2.22. The zero-order chi connectivity index (χ0) is 11.5. The van der Waals surface area contributed by atoms with E-state index < -0.39 is 11.8 Å². The van der Waals surface area contributed by atoms with Crippen molar-refractivity contribution in [3.63, 3.8) is 0 Å². The van der Waals surface area contributed by atoms with Gasteiger partial charge in [0.1, 0.15) is 0 Å². The van der Waals surface area contributed by atoms with Crippen molar-refractivity contribution in [2.75, 3.05) is 6.61 Å². The summed E-state index contributed by atoms with van der Waals surface area (Å²) in [4.78, 5) is 11.3. The molecule has 0 radical (unpaired) electrons. The molecule has 1 rings (SSSR count). The van der Waals surface area contributed by atoms with Crippen molar-refractivity contribution < 1.29 is 19.0 Å². The number of ether oxygens (including phenoxy) is 3. The average molecular weight is 214 g/mol. The van der Waals surface area contributed by atoms with Crippen molar-refractivity contribution in [3.8, 4) is 0 Å². The number of esters is 1. The van der Waals surface area contributed by atoms with E-state index in [1.165, 1.54) is 0 Å². The van der Waals surface area contributed by atoms with E-state index in [1.807, 2.05) is 0 Å². The van der Waals surface area contributed by atoms with Gasteiger partial charge < -0.3 is 14.2 Å².